The van der Waals surface area contributed by atoms with E-state index in [0.717, 1.165) is 38.5 Å². The van der Waals surface area contributed by atoms with Crippen molar-refractivity contribution in [2.45, 2.75) is 44.9 Å². The molecule has 0 aromatic heterocycles. The topological polar surface area (TPSA) is 78.4 Å². The molecule has 0 saturated heterocycles. The monoisotopic (exact) mass is 320 g/mol. The number of rotatable bonds is 12. The summed E-state index contributed by atoms with van der Waals surface area (Å²) in [5.41, 5.74) is 0.674. The highest BCUT2D eigenvalue weighted by atomic mass is 16.3. The fourth-order valence-electron chi connectivity index (χ4n) is 2.21. The van der Waals surface area contributed by atoms with Crippen LogP contribution in [0.25, 0.3) is 0 Å². The molecule has 0 bridgehead atoms. The van der Waals surface area contributed by atoms with Crippen LogP contribution >= 0.6 is 0 Å². The molecule has 1 aromatic rings. The van der Waals surface area contributed by atoms with Crippen LogP contribution in [0.2, 0.25) is 0 Å². The molecule has 3 N–H and O–H groups in total. The molecule has 0 aliphatic heterocycles. The molecule has 0 spiro atoms. The number of carbonyl (C=O) groups excluding carboxylic acids is 2. The molecule has 0 saturated carbocycles. The predicted octanol–water partition coefficient (Wildman–Crippen LogP) is 2.26. The highest BCUT2D eigenvalue weighted by Crippen LogP contribution is 2.01. The van der Waals surface area contributed by atoms with Gasteiger partial charge in [-0.3, -0.25) is 9.59 Å². The van der Waals surface area contributed by atoms with Crippen LogP contribution in [0.1, 0.15) is 55.3 Å². The Kier molecular flexibility index (Phi) is 10.5. The molecule has 0 heterocycles. The summed E-state index contributed by atoms with van der Waals surface area (Å²) < 4.78 is 0. The molecule has 1 aromatic carbocycles. The van der Waals surface area contributed by atoms with E-state index in [2.05, 4.69) is 10.6 Å². The van der Waals surface area contributed by atoms with Crippen molar-refractivity contribution < 1.29 is 14.7 Å². The van der Waals surface area contributed by atoms with Crippen LogP contribution in [0.4, 0.5) is 0 Å². The lowest BCUT2D eigenvalue weighted by Crippen LogP contribution is -2.25. The van der Waals surface area contributed by atoms with Gasteiger partial charge >= 0.3 is 0 Å². The maximum Gasteiger partial charge on any atom is 0.251 e. The number of hydrogen-bond acceptors (Lipinski definition) is 3. The van der Waals surface area contributed by atoms with Gasteiger partial charge in [-0.1, -0.05) is 24.6 Å². The number of amides is 2. The van der Waals surface area contributed by atoms with Gasteiger partial charge in [-0.2, -0.15) is 0 Å². The highest BCUT2D eigenvalue weighted by Gasteiger charge is 2.03. The number of aliphatic hydroxyl groups excluding tert-OH is 1. The van der Waals surface area contributed by atoms with Gasteiger partial charge < -0.3 is 15.7 Å². The molecule has 1 rings (SSSR count). The second kappa shape index (κ2) is 12.6. The summed E-state index contributed by atoms with van der Waals surface area (Å²) in [4.78, 5) is 23.4. The van der Waals surface area contributed by atoms with E-state index in [0.29, 0.717) is 25.1 Å². The Bertz CT molecular complexity index is 449. The van der Waals surface area contributed by atoms with Crippen LogP contribution in [0.3, 0.4) is 0 Å². The predicted molar refractivity (Wildman–Crippen MR) is 91.2 cm³/mol. The van der Waals surface area contributed by atoms with Crippen molar-refractivity contribution in [3.05, 3.63) is 35.9 Å². The first kappa shape index (κ1) is 19.2. The van der Waals surface area contributed by atoms with Crippen molar-refractivity contribution in [2.75, 3.05) is 19.7 Å². The second-order valence-corrected chi connectivity index (χ2v) is 5.57. The molecule has 5 nitrogen and oxygen atoms in total. The Morgan fingerprint density at radius 1 is 0.826 bits per heavy atom. The normalized spacial score (nSPS) is 10.3. The summed E-state index contributed by atoms with van der Waals surface area (Å²) >= 11 is 0. The van der Waals surface area contributed by atoms with E-state index < -0.39 is 0 Å². The number of carbonyl (C=O) groups is 2. The molecule has 0 fully saturated rings. The quantitative estimate of drug-likeness (QED) is 0.517. The molecule has 0 aliphatic carbocycles. The van der Waals surface area contributed by atoms with Gasteiger partial charge in [-0.25, -0.2) is 0 Å². The SMILES string of the molecule is O=C(CCCCCNC(=O)c1ccccc1)NCCCCCO. The maximum absolute atomic E-state index is 11.8. The van der Waals surface area contributed by atoms with Crippen LogP contribution in [0.5, 0.6) is 0 Å². The average molecular weight is 320 g/mol. The number of aliphatic hydroxyl groups is 1. The van der Waals surface area contributed by atoms with E-state index in [1.54, 1.807) is 12.1 Å². The van der Waals surface area contributed by atoms with Gasteiger partial charge in [0.15, 0.2) is 0 Å². The van der Waals surface area contributed by atoms with Crippen LogP contribution < -0.4 is 10.6 Å². The smallest absolute Gasteiger partial charge is 0.251 e. The van der Waals surface area contributed by atoms with E-state index >= 15 is 0 Å². The second-order valence-electron chi connectivity index (χ2n) is 5.57. The summed E-state index contributed by atoms with van der Waals surface area (Å²) in [5.74, 6) is 0.0357. The maximum atomic E-state index is 11.8. The first-order chi connectivity index (χ1) is 11.2. The molecule has 2 amide bonds. The van der Waals surface area contributed by atoms with Crippen molar-refractivity contribution in [3.8, 4) is 0 Å². The number of hydrogen-bond donors (Lipinski definition) is 3. The summed E-state index contributed by atoms with van der Waals surface area (Å²) in [7, 11) is 0. The molecule has 23 heavy (non-hydrogen) atoms. The zero-order valence-corrected chi connectivity index (χ0v) is 13.7. The summed E-state index contributed by atoms with van der Waals surface area (Å²) in [5, 5.41) is 14.4. The molecular weight excluding hydrogens is 292 g/mol. The van der Waals surface area contributed by atoms with Gasteiger partial charge in [0.1, 0.15) is 0 Å². The van der Waals surface area contributed by atoms with E-state index in [4.69, 9.17) is 5.11 Å². The van der Waals surface area contributed by atoms with Crippen molar-refractivity contribution in [1.82, 2.24) is 10.6 Å². The minimum absolute atomic E-state index is 0.0498. The van der Waals surface area contributed by atoms with Gasteiger partial charge in [0, 0.05) is 31.7 Å². The fourth-order valence-corrected chi connectivity index (χ4v) is 2.21. The van der Waals surface area contributed by atoms with Crippen LogP contribution in [-0.2, 0) is 4.79 Å². The van der Waals surface area contributed by atoms with Crippen LogP contribution in [0.15, 0.2) is 30.3 Å². The average Bonchev–Trinajstić information content (AvgIpc) is 2.58. The Labute approximate surface area is 138 Å². The third-order valence-electron chi connectivity index (χ3n) is 3.56. The van der Waals surface area contributed by atoms with E-state index in [1.165, 1.54) is 0 Å². The lowest BCUT2D eigenvalue weighted by atomic mass is 10.1. The first-order valence-electron chi connectivity index (χ1n) is 8.45. The molecule has 128 valence electrons. The van der Waals surface area contributed by atoms with Gasteiger partial charge in [0.25, 0.3) is 5.91 Å². The van der Waals surface area contributed by atoms with Gasteiger partial charge in [-0.15, -0.1) is 0 Å². The van der Waals surface area contributed by atoms with Crippen LogP contribution in [-0.4, -0.2) is 36.6 Å². The van der Waals surface area contributed by atoms with E-state index in [9.17, 15) is 9.59 Å². The minimum Gasteiger partial charge on any atom is -0.396 e. The standard InChI is InChI=1S/C18H28N2O3/c21-15-9-3-8-13-19-17(22)12-6-2-7-14-20-18(23)16-10-4-1-5-11-16/h1,4-5,10-11,21H,2-3,6-9,12-15H2,(H,19,22)(H,20,23). The third kappa shape index (κ3) is 9.68. The first-order valence-corrected chi connectivity index (χ1v) is 8.45. The molecule has 5 heteroatoms. The van der Waals surface area contributed by atoms with Gasteiger partial charge in [0.2, 0.25) is 5.91 Å². The molecule has 0 aliphatic rings. The number of benzene rings is 1. The molecule has 0 radical (unpaired) electrons. The fraction of sp³-hybridized carbons (Fsp3) is 0.556. The summed E-state index contributed by atoms with van der Waals surface area (Å²) in [6, 6.07) is 9.16. The minimum atomic E-state index is -0.0498. The largest absolute Gasteiger partial charge is 0.396 e. The summed E-state index contributed by atoms with van der Waals surface area (Å²) in [6.07, 6.45) is 5.83. The van der Waals surface area contributed by atoms with E-state index in [-0.39, 0.29) is 18.4 Å². The van der Waals surface area contributed by atoms with Crippen molar-refractivity contribution in [1.29, 1.82) is 0 Å². The van der Waals surface area contributed by atoms with Crippen molar-refractivity contribution in [3.63, 3.8) is 0 Å². The Morgan fingerprint density at radius 2 is 1.48 bits per heavy atom. The number of unbranched alkanes of at least 4 members (excludes halogenated alkanes) is 4. The van der Waals surface area contributed by atoms with Crippen molar-refractivity contribution >= 4 is 11.8 Å². The zero-order valence-electron chi connectivity index (χ0n) is 13.7. The molecular formula is C18H28N2O3. The third-order valence-corrected chi connectivity index (χ3v) is 3.56. The number of nitrogens with one attached hydrogen (secondary N) is 2. The lowest BCUT2D eigenvalue weighted by Gasteiger charge is -2.06. The Hall–Kier alpha value is -1.88. The highest BCUT2D eigenvalue weighted by molar-refractivity contribution is 5.94. The van der Waals surface area contributed by atoms with Gasteiger partial charge in [-0.05, 0) is 44.2 Å². The van der Waals surface area contributed by atoms with Crippen LogP contribution in [0, 0.1) is 0 Å². The Morgan fingerprint density at radius 3 is 2.17 bits per heavy atom. The molecule has 0 unspecified atom stereocenters. The Balaban J connectivity index is 1.95. The van der Waals surface area contributed by atoms with Crippen molar-refractivity contribution in [2.24, 2.45) is 0 Å². The summed E-state index contributed by atoms with van der Waals surface area (Å²) in [6.45, 7) is 1.54. The van der Waals surface area contributed by atoms with Gasteiger partial charge in [0.05, 0.1) is 0 Å². The molecule has 0 atom stereocenters. The van der Waals surface area contributed by atoms with E-state index in [1.807, 2.05) is 18.2 Å². The zero-order chi connectivity index (χ0) is 16.8. The lowest BCUT2D eigenvalue weighted by molar-refractivity contribution is -0.121.